The molecule has 1 amide bonds. The number of sulfonamides is 1. The zero-order valence-corrected chi connectivity index (χ0v) is 18.8. The number of likely N-dealkylation sites (tertiary alicyclic amines) is 1. The highest BCUT2D eigenvalue weighted by Crippen LogP contribution is 2.30. The number of carbonyl (C=O) groups excluding carboxylic acids is 1. The van der Waals surface area contributed by atoms with E-state index in [2.05, 4.69) is 5.10 Å². The van der Waals surface area contributed by atoms with Crippen LogP contribution in [0.2, 0.25) is 0 Å². The van der Waals surface area contributed by atoms with Gasteiger partial charge in [0.25, 0.3) is 0 Å². The van der Waals surface area contributed by atoms with Crippen LogP contribution in [-0.2, 0) is 21.9 Å². The molecule has 2 fully saturated rings. The van der Waals surface area contributed by atoms with E-state index in [1.54, 1.807) is 11.6 Å². The van der Waals surface area contributed by atoms with Crippen LogP contribution >= 0.6 is 0 Å². The van der Waals surface area contributed by atoms with Crippen molar-refractivity contribution < 1.29 is 13.2 Å². The molecule has 0 atom stereocenters. The number of para-hydroxylation sites is 1. The minimum absolute atomic E-state index is 0.102. The molecule has 0 saturated carbocycles. The van der Waals surface area contributed by atoms with E-state index in [0.717, 1.165) is 24.4 Å². The second-order valence-electron chi connectivity index (χ2n) is 8.47. The Morgan fingerprint density at radius 1 is 1.00 bits per heavy atom. The topological polar surface area (TPSA) is 97.5 Å². The first-order valence-electron chi connectivity index (χ1n) is 10.7. The summed E-state index contributed by atoms with van der Waals surface area (Å²) in [5.74, 6) is 0.845. The van der Waals surface area contributed by atoms with Crippen molar-refractivity contribution in [1.29, 1.82) is 0 Å². The van der Waals surface area contributed by atoms with Gasteiger partial charge in [-0.3, -0.25) is 4.79 Å². The zero-order valence-electron chi connectivity index (χ0n) is 18.0. The lowest BCUT2D eigenvalue weighted by Gasteiger charge is -2.36. The van der Waals surface area contributed by atoms with Gasteiger partial charge in [-0.15, -0.1) is 0 Å². The minimum Gasteiger partial charge on any atom is -0.342 e. The van der Waals surface area contributed by atoms with Crippen molar-refractivity contribution in [3.05, 3.63) is 46.6 Å². The van der Waals surface area contributed by atoms with Gasteiger partial charge in [-0.05, 0) is 37.8 Å². The number of hydrogen-bond acceptors (Lipinski definition) is 5. The third-order valence-corrected chi connectivity index (χ3v) is 7.71. The lowest BCUT2D eigenvalue weighted by molar-refractivity contribution is -0.137. The molecule has 0 spiro atoms. The molecular formula is C21H29N5O4S. The van der Waals surface area contributed by atoms with Gasteiger partial charge >= 0.3 is 5.69 Å². The van der Waals surface area contributed by atoms with E-state index in [0.29, 0.717) is 39.0 Å². The van der Waals surface area contributed by atoms with Gasteiger partial charge < -0.3 is 4.90 Å². The van der Waals surface area contributed by atoms with E-state index in [-0.39, 0.29) is 23.4 Å². The van der Waals surface area contributed by atoms with Gasteiger partial charge in [0, 0.05) is 45.1 Å². The lowest BCUT2D eigenvalue weighted by Crippen LogP contribution is -2.46. The van der Waals surface area contributed by atoms with Gasteiger partial charge in [0.15, 0.2) is 0 Å². The molecule has 31 heavy (non-hydrogen) atoms. The van der Waals surface area contributed by atoms with Gasteiger partial charge in [0.05, 0.1) is 11.9 Å². The molecule has 1 aromatic heterocycles. The Balaban J connectivity index is 1.42. The molecular weight excluding hydrogens is 418 g/mol. The number of nitrogens with zero attached hydrogens (tertiary/aromatic N) is 5. The average molecular weight is 448 g/mol. The van der Waals surface area contributed by atoms with Crippen LogP contribution in [-0.4, -0.2) is 70.3 Å². The van der Waals surface area contributed by atoms with Crippen molar-refractivity contribution in [2.75, 3.05) is 32.4 Å². The Hall–Kier alpha value is -2.46. The maximum atomic E-state index is 13.0. The molecule has 3 heterocycles. The van der Waals surface area contributed by atoms with Crippen LogP contribution in [0, 0.1) is 5.92 Å². The maximum Gasteiger partial charge on any atom is 0.350 e. The Morgan fingerprint density at radius 2 is 1.61 bits per heavy atom. The summed E-state index contributed by atoms with van der Waals surface area (Å²) in [7, 11) is -1.54. The molecule has 0 radical (unpaired) electrons. The predicted molar refractivity (Wildman–Crippen MR) is 117 cm³/mol. The second kappa shape index (κ2) is 8.58. The third-order valence-electron chi connectivity index (χ3n) is 6.41. The van der Waals surface area contributed by atoms with Crippen molar-refractivity contribution >= 4 is 15.9 Å². The number of aryl methyl sites for hydroxylation is 1. The molecule has 2 aliphatic heterocycles. The lowest BCUT2D eigenvalue weighted by atomic mass is 9.92. The van der Waals surface area contributed by atoms with E-state index in [1.807, 2.05) is 35.2 Å². The van der Waals surface area contributed by atoms with Crippen LogP contribution in [0.25, 0.3) is 5.69 Å². The number of carbonyl (C=O) groups is 1. The standard InChI is InChI=1S/C21H29N5O4S/c1-23-21(28)26(18-6-4-3-5-7-18)19(22-23)16-8-12-24(13-9-16)20(27)17-10-14-25(15-11-17)31(2,29)30/h3-7,16-17H,8-15H2,1-2H3. The van der Waals surface area contributed by atoms with Crippen LogP contribution in [0.1, 0.15) is 37.4 Å². The second-order valence-corrected chi connectivity index (χ2v) is 10.5. The average Bonchev–Trinajstić information content (AvgIpc) is 3.08. The number of aromatic nitrogens is 3. The van der Waals surface area contributed by atoms with E-state index in [4.69, 9.17) is 0 Å². The first-order valence-corrected chi connectivity index (χ1v) is 12.6. The summed E-state index contributed by atoms with van der Waals surface area (Å²) in [6, 6.07) is 9.50. The molecule has 0 unspecified atom stereocenters. The van der Waals surface area contributed by atoms with E-state index in [1.165, 1.54) is 15.2 Å². The highest BCUT2D eigenvalue weighted by molar-refractivity contribution is 7.88. The fourth-order valence-electron chi connectivity index (χ4n) is 4.62. The van der Waals surface area contributed by atoms with Gasteiger partial charge in [0.2, 0.25) is 15.9 Å². The Labute approximate surface area is 182 Å². The summed E-state index contributed by atoms with van der Waals surface area (Å²) < 4.78 is 27.9. The molecule has 10 heteroatoms. The Bertz CT molecular complexity index is 1090. The first kappa shape index (κ1) is 21.8. The Morgan fingerprint density at radius 3 is 2.19 bits per heavy atom. The van der Waals surface area contributed by atoms with Crippen LogP contribution in [0.4, 0.5) is 0 Å². The van der Waals surface area contributed by atoms with Gasteiger partial charge in [-0.2, -0.15) is 5.10 Å². The third kappa shape index (κ3) is 4.45. The largest absolute Gasteiger partial charge is 0.350 e. The SMILES string of the molecule is Cn1nc(C2CCN(C(=O)C3CCN(S(C)(=O)=O)CC3)CC2)n(-c2ccccc2)c1=O. The van der Waals surface area contributed by atoms with Crippen LogP contribution in [0.3, 0.4) is 0 Å². The molecule has 2 aromatic rings. The van der Waals surface area contributed by atoms with Crippen molar-refractivity contribution in [3.8, 4) is 5.69 Å². The van der Waals surface area contributed by atoms with Gasteiger partial charge in [0.1, 0.15) is 5.82 Å². The van der Waals surface area contributed by atoms with Gasteiger partial charge in [-0.1, -0.05) is 18.2 Å². The Kier molecular flexibility index (Phi) is 6.02. The molecule has 168 valence electrons. The quantitative estimate of drug-likeness (QED) is 0.695. The van der Waals surface area contributed by atoms with Crippen LogP contribution in [0.5, 0.6) is 0 Å². The summed E-state index contributed by atoms with van der Waals surface area (Å²) in [5.41, 5.74) is 0.629. The number of benzene rings is 1. The normalized spacial score (nSPS) is 19.6. The molecule has 0 aliphatic carbocycles. The van der Waals surface area contributed by atoms with E-state index >= 15 is 0 Å². The fraction of sp³-hybridized carbons (Fsp3) is 0.571. The van der Waals surface area contributed by atoms with Crippen LogP contribution < -0.4 is 5.69 Å². The molecule has 2 saturated heterocycles. The summed E-state index contributed by atoms with van der Waals surface area (Å²) in [6.45, 7) is 2.05. The molecule has 9 nitrogen and oxygen atoms in total. The number of rotatable bonds is 4. The monoisotopic (exact) mass is 447 g/mol. The predicted octanol–water partition coefficient (Wildman–Crippen LogP) is 0.949. The molecule has 0 N–H and O–H groups in total. The molecule has 0 bridgehead atoms. The molecule has 4 rings (SSSR count). The van der Waals surface area contributed by atoms with Crippen molar-refractivity contribution in [2.45, 2.75) is 31.6 Å². The number of amides is 1. The summed E-state index contributed by atoms with van der Waals surface area (Å²) >= 11 is 0. The van der Waals surface area contributed by atoms with E-state index in [9.17, 15) is 18.0 Å². The zero-order chi connectivity index (χ0) is 22.2. The van der Waals surface area contributed by atoms with Crippen molar-refractivity contribution in [3.63, 3.8) is 0 Å². The van der Waals surface area contributed by atoms with E-state index < -0.39 is 10.0 Å². The minimum atomic E-state index is -3.19. The number of hydrogen-bond donors (Lipinski definition) is 0. The highest BCUT2D eigenvalue weighted by atomic mass is 32.2. The maximum absolute atomic E-state index is 13.0. The summed E-state index contributed by atoms with van der Waals surface area (Å²) in [4.78, 5) is 27.5. The highest BCUT2D eigenvalue weighted by Gasteiger charge is 2.34. The number of piperidine rings is 2. The van der Waals surface area contributed by atoms with Crippen molar-refractivity contribution in [2.24, 2.45) is 13.0 Å². The van der Waals surface area contributed by atoms with Gasteiger partial charge in [-0.25, -0.2) is 26.8 Å². The first-order chi connectivity index (χ1) is 14.8. The fourth-order valence-corrected chi connectivity index (χ4v) is 5.49. The summed E-state index contributed by atoms with van der Waals surface area (Å²) in [5, 5.41) is 4.50. The molecule has 2 aliphatic rings. The summed E-state index contributed by atoms with van der Waals surface area (Å²) in [6.07, 6.45) is 3.85. The molecule has 1 aromatic carbocycles. The van der Waals surface area contributed by atoms with Crippen LogP contribution in [0.15, 0.2) is 35.1 Å². The van der Waals surface area contributed by atoms with Crippen molar-refractivity contribution in [1.82, 2.24) is 23.6 Å². The smallest absolute Gasteiger partial charge is 0.342 e.